The van der Waals surface area contributed by atoms with Gasteiger partial charge >= 0.3 is 0 Å². The monoisotopic (exact) mass is 303 g/mol. The Kier molecular flexibility index (Phi) is 4.16. The summed E-state index contributed by atoms with van der Waals surface area (Å²) in [6.45, 7) is 2.74. The summed E-state index contributed by atoms with van der Waals surface area (Å²) in [6, 6.07) is 4.51. The third kappa shape index (κ3) is 2.92. The molecule has 104 valence electrons. The standard InChI is InChI=1S/C13H15ClFNO2S/c1-2-3-4-8-16-9-12(19(14,17)18)13-10(15)6-5-7-11(13)16/h5-7,9H,2-4,8H2,1H3. The topological polar surface area (TPSA) is 39.1 Å². The Bertz CT molecular complexity index is 694. The molecule has 0 aliphatic rings. The van der Waals surface area contributed by atoms with Crippen LogP contribution in [-0.4, -0.2) is 13.0 Å². The molecule has 1 aromatic heterocycles. The maximum absolute atomic E-state index is 13.8. The maximum atomic E-state index is 13.8. The van der Waals surface area contributed by atoms with Crippen molar-refractivity contribution in [1.82, 2.24) is 4.57 Å². The van der Waals surface area contributed by atoms with Crippen LogP contribution in [0.5, 0.6) is 0 Å². The van der Waals surface area contributed by atoms with E-state index in [9.17, 15) is 12.8 Å². The molecule has 0 N–H and O–H groups in total. The van der Waals surface area contributed by atoms with Crippen LogP contribution < -0.4 is 0 Å². The molecule has 0 saturated heterocycles. The van der Waals surface area contributed by atoms with Gasteiger partial charge in [0, 0.05) is 23.4 Å². The van der Waals surface area contributed by atoms with Crippen molar-refractivity contribution in [3.05, 3.63) is 30.2 Å². The van der Waals surface area contributed by atoms with Gasteiger partial charge in [0.25, 0.3) is 9.05 Å². The lowest BCUT2D eigenvalue weighted by molar-refractivity contribution is 0.603. The van der Waals surface area contributed by atoms with Crippen molar-refractivity contribution in [1.29, 1.82) is 0 Å². The first-order chi connectivity index (χ1) is 8.95. The first kappa shape index (κ1) is 14.3. The van der Waals surface area contributed by atoms with E-state index in [1.165, 1.54) is 12.3 Å². The summed E-state index contributed by atoms with van der Waals surface area (Å²) in [4.78, 5) is -0.154. The summed E-state index contributed by atoms with van der Waals surface area (Å²) >= 11 is 0. The molecule has 1 aromatic carbocycles. The van der Waals surface area contributed by atoms with Crippen molar-refractivity contribution in [2.24, 2.45) is 0 Å². The van der Waals surface area contributed by atoms with Crippen molar-refractivity contribution < 1.29 is 12.8 Å². The molecule has 19 heavy (non-hydrogen) atoms. The maximum Gasteiger partial charge on any atom is 0.263 e. The minimum atomic E-state index is -3.95. The zero-order valence-corrected chi connectivity index (χ0v) is 12.1. The lowest BCUT2D eigenvalue weighted by Crippen LogP contribution is -1.96. The summed E-state index contributed by atoms with van der Waals surface area (Å²) in [5.74, 6) is -0.564. The van der Waals surface area contributed by atoms with Gasteiger partial charge in [-0.15, -0.1) is 0 Å². The molecule has 0 unspecified atom stereocenters. The highest BCUT2D eigenvalue weighted by atomic mass is 35.7. The number of rotatable bonds is 5. The quantitative estimate of drug-likeness (QED) is 0.621. The summed E-state index contributed by atoms with van der Waals surface area (Å²) in [5, 5.41) is 0.0778. The second-order valence-corrected chi connectivity index (χ2v) is 7.00. The Morgan fingerprint density at radius 1 is 1.32 bits per heavy atom. The van der Waals surface area contributed by atoms with E-state index in [0.717, 1.165) is 19.3 Å². The lowest BCUT2D eigenvalue weighted by atomic mass is 10.2. The van der Waals surface area contributed by atoms with Crippen LogP contribution in [0, 0.1) is 5.82 Å². The lowest BCUT2D eigenvalue weighted by Gasteiger charge is -2.04. The molecule has 1 heterocycles. The van der Waals surface area contributed by atoms with E-state index in [1.54, 1.807) is 16.7 Å². The van der Waals surface area contributed by atoms with Gasteiger partial charge in [-0.05, 0) is 18.6 Å². The molecule has 0 saturated carbocycles. The zero-order chi connectivity index (χ0) is 14.0. The van der Waals surface area contributed by atoms with Crippen molar-refractivity contribution in [3.63, 3.8) is 0 Å². The normalized spacial score (nSPS) is 12.2. The molecule has 0 spiro atoms. The van der Waals surface area contributed by atoms with Gasteiger partial charge in [-0.3, -0.25) is 0 Å². The molecular formula is C13H15ClFNO2S. The summed E-state index contributed by atoms with van der Waals surface area (Å²) in [6.07, 6.45) is 4.44. The van der Waals surface area contributed by atoms with Crippen LogP contribution in [0.1, 0.15) is 26.2 Å². The molecule has 3 nitrogen and oxygen atoms in total. The number of hydrogen-bond acceptors (Lipinski definition) is 2. The van der Waals surface area contributed by atoms with E-state index < -0.39 is 14.9 Å². The number of benzene rings is 1. The summed E-state index contributed by atoms with van der Waals surface area (Å²) in [5.41, 5.74) is 0.565. The minimum absolute atomic E-state index is 0.0778. The number of halogens is 2. The van der Waals surface area contributed by atoms with Crippen molar-refractivity contribution in [3.8, 4) is 0 Å². The average molecular weight is 304 g/mol. The van der Waals surface area contributed by atoms with Crippen LogP contribution in [0.25, 0.3) is 10.9 Å². The van der Waals surface area contributed by atoms with E-state index in [1.807, 2.05) is 0 Å². The van der Waals surface area contributed by atoms with Gasteiger partial charge in [0.15, 0.2) is 0 Å². The minimum Gasteiger partial charge on any atom is -0.346 e. The Hall–Kier alpha value is -1.07. The second kappa shape index (κ2) is 5.51. The predicted octanol–water partition coefficient (Wildman–Crippen LogP) is 3.90. The molecule has 0 fully saturated rings. The van der Waals surface area contributed by atoms with E-state index >= 15 is 0 Å². The number of aromatic nitrogens is 1. The third-order valence-electron chi connectivity index (χ3n) is 3.09. The Morgan fingerprint density at radius 2 is 2.05 bits per heavy atom. The van der Waals surface area contributed by atoms with Gasteiger partial charge in [-0.25, -0.2) is 12.8 Å². The van der Waals surface area contributed by atoms with Crippen LogP contribution in [0.15, 0.2) is 29.3 Å². The van der Waals surface area contributed by atoms with E-state index in [-0.39, 0.29) is 10.3 Å². The van der Waals surface area contributed by atoms with Gasteiger partial charge in [-0.2, -0.15) is 0 Å². The van der Waals surface area contributed by atoms with Crippen LogP contribution in [0.3, 0.4) is 0 Å². The third-order valence-corrected chi connectivity index (χ3v) is 4.42. The Balaban J connectivity index is 2.58. The van der Waals surface area contributed by atoms with E-state index in [0.29, 0.717) is 12.1 Å². The fraction of sp³-hybridized carbons (Fsp3) is 0.385. The summed E-state index contributed by atoms with van der Waals surface area (Å²) in [7, 11) is 1.43. The first-order valence-electron chi connectivity index (χ1n) is 6.17. The highest BCUT2D eigenvalue weighted by Crippen LogP contribution is 2.30. The highest BCUT2D eigenvalue weighted by molar-refractivity contribution is 8.14. The van der Waals surface area contributed by atoms with Gasteiger partial charge < -0.3 is 4.57 Å². The van der Waals surface area contributed by atoms with Gasteiger partial charge in [0.2, 0.25) is 0 Å². The van der Waals surface area contributed by atoms with Crippen LogP contribution >= 0.6 is 10.7 Å². The molecule has 0 aliphatic heterocycles. The molecule has 0 amide bonds. The van der Waals surface area contributed by atoms with E-state index in [4.69, 9.17) is 10.7 Å². The smallest absolute Gasteiger partial charge is 0.263 e. The molecular weight excluding hydrogens is 289 g/mol. The predicted molar refractivity (Wildman–Crippen MR) is 74.5 cm³/mol. The Morgan fingerprint density at radius 3 is 2.68 bits per heavy atom. The first-order valence-corrected chi connectivity index (χ1v) is 8.48. The molecule has 0 radical (unpaired) electrons. The molecule has 6 heteroatoms. The largest absolute Gasteiger partial charge is 0.346 e. The van der Waals surface area contributed by atoms with Crippen LogP contribution in [-0.2, 0) is 15.6 Å². The fourth-order valence-electron chi connectivity index (χ4n) is 2.17. The Labute approximate surface area is 116 Å². The van der Waals surface area contributed by atoms with Gasteiger partial charge in [0.05, 0.1) is 10.9 Å². The number of unbranched alkanes of at least 4 members (excludes halogenated alkanes) is 2. The average Bonchev–Trinajstić information content (AvgIpc) is 2.70. The highest BCUT2D eigenvalue weighted by Gasteiger charge is 2.21. The fourth-order valence-corrected chi connectivity index (χ4v) is 3.22. The van der Waals surface area contributed by atoms with Crippen molar-refractivity contribution in [2.75, 3.05) is 0 Å². The van der Waals surface area contributed by atoms with Crippen LogP contribution in [0.2, 0.25) is 0 Å². The number of aryl methyl sites for hydroxylation is 1. The van der Waals surface area contributed by atoms with Crippen molar-refractivity contribution >= 4 is 30.6 Å². The number of nitrogens with zero attached hydrogens (tertiary/aromatic N) is 1. The SMILES string of the molecule is CCCCCn1cc(S(=O)(=O)Cl)c2c(F)cccc21. The van der Waals surface area contributed by atoms with Gasteiger partial charge in [0.1, 0.15) is 10.7 Å². The molecule has 0 bridgehead atoms. The molecule has 2 aromatic rings. The molecule has 2 rings (SSSR count). The molecule has 0 atom stereocenters. The van der Waals surface area contributed by atoms with E-state index in [2.05, 4.69) is 6.92 Å². The number of hydrogen-bond donors (Lipinski definition) is 0. The number of fused-ring (bicyclic) bond motifs is 1. The second-order valence-electron chi connectivity index (χ2n) is 4.47. The molecule has 0 aliphatic carbocycles. The zero-order valence-electron chi connectivity index (χ0n) is 10.6. The van der Waals surface area contributed by atoms with Crippen molar-refractivity contribution in [2.45, 2.75) is 37.6 Å². The summed E-state index contributed by atoms with van der Waals surface area (Å²) < 4.78 is 38.7. The van der Waals surface area contributed by atoms with Gasteiger partial charge in [-0.1, -0.05) is 25.8 Å². The van der Waals surface area contributed by atoms with Crippen LogP contribution in [0.4, 0.5) is 4.39 Å².